The van der Waals surface area contributed by atoms with Crippen LogP contribution in [0.4, 0.5) is 5.13 Å². The van der Waals surface area contributed by atoms with Crippen LogP contribution in [-0.2, 0) is 4.79 Å². The van der Waals surface area contributed by atoms with Crippen molar-refractivity contribution in [2.24, 2.45) is 5.92 Å². The molecular formula is C17H26N4O2S. The minimum atomic E-state index is -0.0237. The van der Waals surface area contributed by atoms with E-state index in [1.165, 1.54) is 43.2 Å². The van der Waals surface area contributed by atoms with Crippen LogP contribution < -0.4 is 5.73 Å². The Balaban J connectivity index is 1.49. The van der Waals surface area contributed by atoms with E-state index in [-0.39, 0.29) is 11.8 Å². The number of carbonyl (C=O) groups is 2. The van der Waals surface area contributed by atoms with Crippen LogP contribution in [0.15, 0.2) is 6.20 Å². The second kappa shape index (κ2) is 7.96. The number of nitrogens with two attached hydrogens (primary N) is 1. The number of amides is 2. The van der Waals surface area contributed by atoms with Crippen molar-refractivity contribution < 1.29 is 9.59 Å². The third-order valence-electron chi connectivity index (χ3n) is 5.11. The Hall–Kier alpha value is -1.63. The van der Waals surface area contributed by atoms with Gasteiger partial charge in [0.2, 0.25) is 5.91 Å². The molecule has 7 heteroatoms. The van der Waals surface area contributed by atoms with Crippen LogP contribution in [0, 0.1) is 5.92 Å². The Morgan fingerprint density at radius 1 is 1.12 bits per heavy atom. The molecule has 0 aromatic carbocycles. The number of hydrogen-bond acceptors (Lipinski definition) is 5. The molecule has 3 rings (SSSR count). The average molecular weight is 350 g/mol. The fourth-order valence-electron chi connectivity index (χ4n) is 3.70. The van der Waals surface area contributed by atoms with Crippen LogP contribution in [0.1, 0.15) is 54.6 Å². The number of hydrogen-bond donors (Lipinski definition) is 1. The lowest BCUT2D eigenvalue weighted by molar-refractivity contribution is -0.131. The maximum absolute atomic E-state index is 12.5. The van der Waals surface area contributed by atoms with Crippen molar-refractivity contribution in [2.75, 3.05) is 31.9 Å². The highest BCUT2D eigenvalue weighted by atomic mass is 32.1. The second-order valence-corrected chi connectivity index (χ2v) is 7.84. The van der Waals surface area contributed by atoms with E-state index in [1.54, 1.807) is 0 Å². The van der Waals surface area contributed by atoms with Gasteiger partial charge in [-0.1, -0.05) is 37.0 Å². The number of aromatic nitrogens is 1. The van der Waals surface area contributed by atoms with Crippen LogP contribution >= 0.6 is 11.3 Å². The van der Waals surface area contributed by atoms with E-state index in [0.29, 0.717) is 36.1 Å². The quantitative estimate of drug-likeness (QED) is 0.904. The average Bonchev–Trinajstić information content (AvgIpc) is 3.18. The number of carbonyl (C=O) groups excluding carboxylic acids is 2. The number of thiazole rings is 1. The summed E-state index contributed by atoms with van der Waals surface area (Å²) in [5.41, 5.74) is 5.61. The van der Waals surface area contributed by atoms with Crippen LogP contribution in [0.5, 0.6) is 0 Å². The number of nitrogens with zero attached hydrogens (tertiary/aromatic N) is 3. The summed E-state index contributed by atoms with van der Waals surface area (Å²) in [6, 6.07) is 0. The Morgan fingerprint density at radius 2 is 1.83 bits per heavy atom. The van der Waals surface area contributed by atoms with Gasteiger partial charge < -0.3 is 15.5 Å². The monoisotopic (exact) mass is 350 g/mol. The first-order chi connectivity index (χ1) is 11.6. The van der Waals surface area contributed by atoms with Crippen molar-refractivity contribution in [3.8, 4) is 0 Å². The van der Waals surface area contributed by atoms with Gasteiger partial charge in [-0.25, -0.2) is 4.98 Å². The molecular weight excluding hydrogens is 324 g/mol. The number of nitrogen functional groups attached to an aromatic ring is 1. The molecule has 0 unspecified atom stereocenters. The smallest absolute Gasteiger partial charge is 0.265 e. The van der Waals surface area contributed by atoms with Gasteiger partial charge in [0.25, 0.3) is 5.91 Å². The second-order valence-electron chi connectivity index (χ2n) is 6.78. The molecule has 1 saturated carbocycles. The van der Waals surface area contributed by atoms with Crippen molar-refractivity contribution >= 4 is 28.3 Å². The molecule has 0 bridgehead atoms. The molecule has 132 valence electrons. The van der Waals surface area contributed by atoms with E-state index in [2.05, 4.69) is 4.98 Å². The summed E-state index contributed by atoms with van der Waals surface area (Å²) < 4.78 is 0. The van der Waals surface area contributed by atoms with E-state index < -0.39 is 0 Å². The van der Waals surface area contributed by atoms with Gasteiger partial charge in [0.15, 0.2) is 5.13 Å². The van der Waals surface area contributed by atoms with Gasteiger partial charge in [-0.2, -0.15) is 0 Å². The Morgan fingerprint density at radius 3 is 2.54 bits per heavy atom. The van der Waals surface area contributed by atoms with Gasteiger partial charge >= 0.3 is 0 Å². The molecule has 1 aliphatic heterocycles. The topological polar surface area (TPSA) is 79.5 Å². The van der Waals surface area contributed by atoms with Crippen molar-refractivity contribution in [1.82, 2.24) is 14.8 Å². The molecule has 2 heterocycles. The fourth-order valence-corrected chi connectivity index (χ4v) is 4.35. The standard InChI is InChI=1S/C17H26N4O2S/c18-17-19-12-14(24-17)16(23)21-9-3-8-20(10-11-21)15(22)7-6-13-4-1-2-5-13/h12-13H,1-11H2,(H2,18,19). The summed E-state index contributed by atoms with van der Waals surface area (Å²) in [7, 11) is 0. The van der Waals surface area contributed by atoms with Gasteiger partial charge in [-0.15, -0.1) is 0 Å². The molecule has 0 spiro atoms. The van der Waals surface area contributed by atoms with E-state index >= 15 is 0 Å². The third-order valence-corrected chi connectivity index (χ3v) is 5.93. The lowest BCUT2D eigenvalue weighted by atomic mass is 10.0. The van der Waals surface area contributed by atoms with E-state index in [9.17, 15) is 9.59 Å². The number of anilines is 1. The molecule has 6 nitrogen and oxygen atoms in total. The van der Waals surface area contributed by atoms with Crippen molar-refractivity contribution in [2.45, 2.75) is 44.9 Å². The highest BCUT2D eigenvalue weighted by Gasteiger charge is 2.24. The van der Waals surface area contributed by atoms with Crippen LogP contribution in [0.3, 0.4) is 0 Å². The van der Waals surface area contributed by atoms with Gasteiger partial charge in [0.1, 0.15) is 4.88 Å². The molecule has 2 aliphatic rings. The predicted molar refractivity (Wildman–Crippen MR) is 94.8 cm³/mol. The summed E-state index contributed by atoms with van der Waals surface area (Å²) in [5, 5.41) is 0.414. The van der Waals surface area contributed by atoms with Crippen LogP contribution in [-0.4, -0.2) is 52.8 Å². The normalized spacial score (nSPS) is 19.5. The van der Waals surface area contributed by atoms with E-state index in [4.69, 9.17) is 5.73 Å². The van der Waals surface area contributed by atoms with E-state index in [1.807, 2.05) is 9.80 Å². The maximum Gasteiger partial charge on any atom is 0.265 e. The summed E-state index contributed by atoms with van der Waals surface area (Å²) >= 11 is 1.22. The molecule has 24 heavy (non-hydrogen) atoms. The van der Waals surface area contributed by atoms with Crippen molar-refractivity contribution in [3.05, 3.63) is 11.1 Å². The lowest BCUT2D eigenvalue weighted by Gasteiger charge is -2.22. The first-order valence-electron chi connectivity index (χ1n) is 8.92. The zero-order valence-electron chi connectivity index (χ0n) is 14.1. The predicted octanol–water partition coefficient (Wildman–Crippen LogP) is 2.37. The molecule has 0 atom stereocenters. The first-order valence-corrected chi connectivity index (χ1v) is 9.73. The van der Waals surface area contributed by atoms with Crippen LogP contribution in [0.2, 0.25) is 0 Å². The molecule has 2 N–H and O–H groups in total. The maximum atomic E-state index is 12.5. The van der Waals surface area contributed by atoms with Gasteiger partial charge in [-0.3, -0.25) is 9.59 Å². The third kappa shape index (κ3) is 4.26. The largest absolute Gasteiger partial charge is 0.375 e. The summed E-state index contributed by atoms with van der Waals surface area (Å²) in [6.07, 6.45) is 9.26. The number of rotatable bonds is 4. The first kappa shape index (κ1) is 17.2. The highest BCUT2D eigenvalue weighted by molar-refractivity contribution is 7.17. The minimum absolute atomic E-state index is 0.0237. The Bertz CT molecular complexity index is 583. The van der Waals surface area contributed by atoms with Gasteiger partial charge in [-0.05, 0) is 18.8 Å². The lowest BCUT2D eigenvalue weighted by Crippen LogP contribution is -2.37. The molecule has 1 aromatic rings. The highest BCUT2D eigenvalue weighted by Crippen LogP contribution is 2.28. The molecule has 1 aliphatic carbocycles. The summed E-state index contributed by atoms with van der Waals surface area (Å²) in [4.78, 5) is 33.2. The fraction of sp³-hybridized carbons (Fsp3) is 0.706. The molecule has 1 saturated heterocycles. The van der Waals surface area contributed by atoms with E-state index in [0.717, 1.165) is 25.3 Å². The summed E-state index contributed by atoms with van der Waals surface area (Å²) in [5.74, 6) is 0.971. The van der Waals surface area contributed by atoms with Crippen molar-refractivity contribution in [3.63, 3.8) is 0 Å². The minimum Gasteiger partial charge on any atom is -0.375 e. The SMILES string of the molecule is Nc1ncc(C(=O)N2CCCN(C(=O)CCC3CCCC3)CC2)s1. The van der Waals surface area contributed by atoms with Gasteiger partial charge in [0, 0.05) is 32.6 Å². The van der Waals surface area contributed by atoms with Crippen LogP contribution in [0.25, 0.3) is 0 Å². The van der Waals surface area contributed by atoms with Crippen molar-refractivity contribution in [1.29, 1.82) is 0 Å². The van der Waals surface area contributed by atoms with Gasteiger partial charge in [0.05, 0.1) is 6.20 Å². The zero-order valence-corrected chi connectivity index (χ0v) is 14.9. The Labute approximate surface area is 147 Å². The molecule has 2 amide bonds. The molecule has 0 radical (unpaired) electrons. The Kier molecular flexibility index (Phi) is 5.71. The molecule has 2 fully saturated rings. The molecule has 1 aromatic heterocycles. The zero-order chi connectivity index (χ0) is 16.9. The summed E-state index contributed by atoms with van der Waals surface area (Å²) in [6.45, 7) is 2.65.